The zero-order chi connectivity index (χ0) is 19.1. The van der Waals surface area contributed by atoms with Crippen LogP contribution in [0, 0.1) is 0 Å². The fourth-order valence-electron chi connectivity index (χ4n) is 3.01. The Hall–Kier alpha value is -2.22. The van der Waals surface area contributed by atoms with Crippen molar-refractivity contribution >= 4 is 24.0 Å². The van der Waals surface area contributed by atoms with E-state index in [9.17, 15) is 13.6 Å². The third kappa shape index (κ3) is 6.74. The highest BCUT2D eigenvalue weighted by atomic mass is 35.5. The number of carbonyl (C=O) groups excluding carboxylic acids is 1. The maximum atomic E-state index is 12.7. The number of alkyl halides is 2. The van der Waals surface area contributed by atoms with Gasteiger partial charge in [-0.1, -0.05) is 30.3 Å². The minimum absolute atomic E-state index is 0. The maximum Gasteiger partial charge on any atom is 0.387 e. The van der Waals surface area contributed by atoms with Crippen molar-refractivity contribution < 1.29 is 23.0 Å². The second-order valence-electron chi connectivity index (χ2n) is 6.34. The Bertz CT molecular complexity index is 756. The molecule has 0 spiro atoms. The minimum atomic E-state index is -2.91. The van der Waals surface area contributed by atoms with Crippen LogP contribution in [0.5, 0.6) is 5.75 Å². The van der Waals surface area contributed by atoms with Gasteiger partial charge >= 0.3 is 6.61 Å². The van der Waals surface area contributed by atoms with E-state index in [-0.39, 0.29) is 36.5 Å². The first-order chi connectivity index (χ1) is 13.1. The number of hydrogen-bond acceptors (Lipinski definition) is 4. The Kier molecular flexibility index (Phi) is 8.63. The summed E-state index contributed by atoms with van der Waals surface area (Å²) in [7, 11) is 0. The molecule has 1 atom stereocenters. The van der Waals surface area contributed by atoms with E-state index in [4.69, 9.17) is 4.74 Å². The summed E-state index contributed by atoms with van der Waals surface area (Å²) in [5.41, 5.74) is 2.09. The highest BCUT2D eigenvalue weighted by molar-refractivity contribution is 5.91. The third-order valence-corrected chi connectivity index (χ3v) is 4.23. The number of hydrogen-bond donors (Lipinski definition) is 2. The van der Waals surface area contributed by atoms with E-state index in [1.807, 2.05) is 30.3 Å². The van der Waals surface area contributed by atoms with E-state index < -0.39 is 6.61 Å². The number of ether oxygens (including phenoxy) is 2. The van der Waals surface area contributed by atoms with E-state index >= 15 is 0 Å². The van der Waals surface area contributed by atoms with Crippen molar-refractivity contribution in [2.24, 2.45) is 0 Å². The van der Waals surface area contributed by atoms with Crippen molar-refractivity contribution in [1.29, 1.82) is 0 Å². The molecule has 0 saturated carbocycles. The second-order valence-corrected chi connectivity index (χ2v) is 6.34. The van der Waals surface area contributed by atoms with Gasteiger partial charge in [0.15, 0.2) is 0 Å². The minimum Gasteiger partial charge on any atom is -0.435 e. The summed E-state index contributed by atoms with van der Waals surface area (Å²) in [6.45, 7) is -1.04. The molecule has 0 aliphatic carbocycles. The Morgan fingerprint density at radius 1 is 1.25 bits per heavy atom. The van der Waals surface area contributed by atoms with Gasteiger partial charge in [0.2, 0.25) is 5.91 Å². The molecule has 2 aromatic rings. The van der Waals surface area contributed by atoms with Crippen LogP contribution >= 0.6 is 12.4 Å². The number of nitrogens with one attached hydrogen (secondary N) is 2. The summed E-state index contributed by atoms with van der Waals surface area (Å²) in [6.07, 6.45) is 0.702. The van der Waals surface area contributed by atoms with Crippen molar-refractivity contribution in [3.05, 3.63) is 59.7 Å². The van der Waals surface area contributed by atoms with Crippen LogP contribution in [-0.2, 0) is 16.0 Å². The van der Waals surface area contributed by atoms with Crippen LogP contribution in [0.25, 0.3) is 0 Å². The SMILES string of the molecule is Cl.O=C(CC1COCCN1)Nc1ccc(OC(F)F)c(Cc2ccccc2)c1. The standard InChI is InChI=1S/C20H22F2N2O3.ClH/c21-20(22)27-18-7-6-16(11-15(18)10-14-4-2-1-3-5-14)24-19(25)12-17-13-26-9-8-23-17;/h1-7,11,17,20,23H,8-10,12-13H2,(H,24,25);1H. The number of rotatable bonds is 7. The number of anilines is 1. The molecule has 1 saturated heterocycles. The van der Waals surface area contributed by atoms with Crippen LogP contribution < -0.4 is 15.4 Å². The summed E-state index contributed by atoms with van der Waals surface area (Å²) in [6, 6.07) is 14.1. The van der Waals surface area contributed by atoms with E-state index in [0.717, 1.165) is 12.1 Å². The smallest absolute Gasteiger partial charge is 0.387 e. The highest BCUT2D eigenvalue weighted by Crippen LogP contribution is 2.27. The lowest BCUT2D eigenvalue weighted by Gasteiger charge is -2.23. The Labute approximate surface area is 168 Å². The molecule has 1 unspecified atom stereocenters. The van der Waals surface area contributed by atoms with E-state index in [0.29, 0.717) is 30.9 Å². The molecule has 1 fully saturated rings. The molecular formula is C20H23ClF2N2O3. The van der Waals surface area contributed by atoms with Gasteiger partial charge in [-0.15, -0.1) is 12.4 Å². The summed E-state index contributed by atoms with van der Waals surface area (Å²) in [5.74, 6) is -0.0552. The number of morpholine rings is 1. The lowest BCUT2D eigenvalue weighted by molar-refractivity contribution is -0.117. The Balaban J connectivity index is 0.00000280. The largest absolute Gasteiger partial charge is 0.435 e. The van der Waals surface area contributed by atoms with Crippen molar-refractivity contribution in [2.75, 3.05) is 25.1 Å². The number of carbonyl (C=O) groups is 1. The molecule has 0 aromatic heterocycles. The topological polar surface area (TPSA) is 59.6 Å². The molecular weight excluding hydrogens is 390 g/mol. The monoisotopic (exact) mass is 412 g/mol. The van der Waals surface area contributed by atoms with Crippen LogP contribution in [0.4, 0.5) is 14.5 Å². The van der Waals surface area contributed by atoms with Gasteiger partial charge < -0.3 is 20.1 Å². The molecule has 3 rings (SSSR count). The van der Waals surface area contributed by atoms with Gasteiger partial charge in [-0.25, -0.2) is 0 Å². The summed E-state index contributed by atoms with van der Waals surface area (Å²) >= 11 is 0. The summed E-state index contributed by atoms with van der Waals surface area (Å²) < 4.78 is 35.4. The average Bonchev–Trinajstić information content (AvgIpc) is 2.65. The molecule has 1 aliphatic heterocycles. The van der Waals surface area contributed by atoms with Gasteiger partial charge in [-0.05, 0) is 23.8 Å². The Morgan fingerprint density at radius 3 is 2.71 bits per heavy atom. The fraction of sp³-hybridized carbons (Fsp3) is 0.350. The molecule has 0 bridgehead atoms. The molecule has 1 aliphatic rings. The van der Waals surface area contributed by atoms with Gasteiger partial charge in [0.05, 0.1) is 13.2 Å². The first-order valence-corrected chi connectivity index (χ1v) is 8.83. The van der Waals surface area contributed by atoms with Crippen LogP contribution in [0.1, 0.15) is 17.5 Å². The number of halogens is 3. The van der Waals surface area contributed by atoms with E-state index in [1.54, 1.807) is 12.1 Å². The first kappa shape index (κ1) is 22.1. The first-order valence-electron chi connectivity index (χ1n) is 8.83. The molecule has 1 amide bonds. The highest BCUT2D eigenvalue weighted by Gasteiger charge is 2.18. The average molecular weight is 413 g/mol. The van der Waals surface area contributed by atoms with Gasteiger partial charge in [0.1, 0.15) is 5.75 Å². The van der Waals surface area contributed by atoms with Gasteiger partial charge in [0, 0.05) is 36.7 Å². The van der Waals surface area contributed by atoms with Gasteiger partial charge in [-0.3, -0.25) is 4.79 Å². The zero-order valence-corrected chi connectivity index (χ0v) is 16.0. The molecule has 2 aromatic carbocycles. The summed E-state index contributed by atoms with van der Waals surface area (Å²) in [4.78, 5) is 12.3. The van der Waals surface area contributed by atoms with Crippen molar-refractivity contribution in [3.63, 3.8) is 0 Å². The molecule has 8 heteroatoms. The van der Waals surface area contributed by atoms with E-state index in [1.165, 1.54) is 6.07 Å². The van der Waals surface area contributed by atoms with Gasteiger partial charge in [-0.2, -0.15) is 8.78 Å². The number of benzene rings is 2. The third-order valence-electron chi connectivity index (χ3n) is 4.23. The van der Waals surface area contributed by atoms with Crippen molar-refractivity contribution in [2.45, 2.75) is 25.5 Å². The van der Waals surface area contributed by atoms with Gasteiger partial charge in [0.25, 0.3) is 0 Å². The lowest BCUT2D eigenvalue weighted by atomic mass is 10.0. The molecule has 0 radical (unpaired) electrons. The van der Waals surface area contributed by atoms with Crippen LogP contribution in [0.3, 0.4) is 0 Å². The molecule has 2 N–H and O–H groups in total. The van der Waals surface area contributed by atoms with Crippen molar-refractivity contribution in [3.8, 4) is 5.75 Å². The van der Waals surface area contributed by atoms with Crippen LogP contribution in [-0.4, -0.2) is 38.3 Å². The predicted octanol–water partition coefficient (Wildman–Crippen LogP) is 3.62. The van der Waals surface area contributed by atoms with Crippen LogP contribution in [0.2, 0.25) is 0 Å². The quantitative estimate of drug-likeness (QED) is 0.729. The number of amides is 1. The second kappa shape index (κ2) is 10.9. The fourth-order valence-corrected chi connectivity index (χ4v) is 3.01. The molecule has 28 heavy (non-hydrogen) atoms. The zero-order valence-electron chi connectivity index (χ0n) is 15.2. The predicted molar refractivity (Wildman–Crippen MR) is 105 cm³/mol. The normalized spacial score (nSPS) is 16.3. The molecule has 152 valence electrons. The van der Waals surface area contributed by atoms with Crippen molar-refractivity contribution in [1.82, 2.24) is 5.32 Å². The lowest BCUT2D eigenvalue weighted by Crippen LogP contribution is -2.43. The summed E-state index contributed by atoms with van der Waals surface area (Å²) in [5, 5.41) is 6.04. The maximum absolute atomic E-state index is 12.7. The molecule has 5 nitrogen and oxygen atoms in total. The van der Waals surface area contributed by atoms with Crippen LogP contribution in [0.15, 0.2) is 48.5 Å². The van der Waals surface area contributed by atoms with E-state index in [2.05, 4.69) is 15.4 Å². The Morgan fingerprint density at radius 2 is 2.04 bits per heavy atom. The molecule has 1 heterocycles.